The fourth-order valence-corrected chi connectivity index (χ4v) is 7.02. The lowest BCUT2D eigenvalue weighted by molar-refractivity contribution is 0.488. The first-order valence-electron chi connectivity index (χ1n) is 16.4. The number of benzene rings is 8. The number of rotatable bonds is 5. The lowest BCUT2D eigenvalue weighted by Gasteiger charge is -2.29. The lowest BCUT2D eigenvalue weighted by atomic mass is 9.88. The smallest absolute Gasteiger partial charge is 0.135 e. The van der Waals surface area contributed by atoms with Crippen LogP contribution in [0.15, 0.2) is 188 Å². The van der Waals surface area contributed by atoms with Crippen LogP contribution in [0.4, 0.5) is 17.1 Å². The lowest BCUT2D eigenvalue weighted by Crippen LogP contribution is -2.11. The van der Waals surface area contributed by atoms with E-state index in [0.717, 1.165) is 45.3 Å². The highest BCUT2D eigenvalue weighted by Gasteiger charge is 2.26. The van der Waals surface area contributed by atoms with Gasteiger partial charge in [0, 0.05) is 33.5 Å². The number of fused-ring (bicyclic) bond motifs is 7. The second-order valence-electron chi connectivity index (χ2n) is 12.1. The first-order valence-corrected chi connectivity index (χ1v) is 16.4. The van der Waals surface area contributed by atoms with Crippen LogP contribution in [0.5, 0.6) is 11.5 Å². The molecule has 1 heterocycles. The topological polar surface area (TPSA) is 12.5 Å². The Morgan fingerprint density at radius 3 is 1.60 bits per heavy atom. The molecule has 0 radical (unpaired) electrons. The van der Waals surface area contributed by atoms with Gasteiger partial charge in [-0.2, -0.15) is 0 Å². The van der Waals surface area contributed by atoms with E-state index < -0.39 is 0 Å². The maximum atomic E-state index is 6.61. The zero-order chi connectivity index (χ0) is 31.9. The molecule has 0 saturated heterocycles. The molecule has 2 heteroatoms. The number of nitrogens with zero attached hydrogens (tertiary/aromatic N) is 1. The molecule has 0 amide bonds. The third-order valence-corrected chi connectivity index (χ3v) is 9.26. The molecule has 9 rings (SSSR count). The summed E-state index contributed by atoms with van der Waals surface area (Å²) >= 11 is 0. The van der Waals surface area contributed by atoms with Crippen LogP contribution < -0.4 is 9.64 Å². The Balaban J connectivity index is 1.33. The van der Waals surface area contributed by atoms with E-state index in [-0.39, 0.29) is 0 Å². The van der Waals surface area contributed by atoms with Gasteiger partial charge in [0.05, 0.1) is 5.69 Å². The van der Waals surface area contributed by atoms with Crippen molar-refractivity contribution in [3.05, 3.63) is 188 Å². The van der Waals surface area contributed by atoms with Gasteiger partial charge in [-0.3, -0.25) is 0 Å². The molecule has 1 aliphatic heterocycles. The predicted molar refractivity (Wildman–Crippen MR) is 200 cm³/mol. The maximum absolute atomic E-state index is 6.61. The van der Waals surface area contributed by atoms with Crippen molar-refractivity contribution in [1.82, 2.24) is 0 Å². The SMILES string of the molecule is c1ccc(-c2ccc(N(c3cccc(-c4ccccc4)c3)c3cc4c(c5ccccc35)-c3ccccc3Oc3ccccc3-4)cc2)cc1. The molecule has 2 nitrogen and oxygen atoms in total. The normalized spacial score (nSPS) is 11.5. The largest absolute Gasteiger partial charge is 0.456 e. The van der Waals surface area contributed by atoms with Gasteiger partial charge in [0.15, 0.2) is 0 Å². The Morgan fingerprint density at radius 1 is 0.333 bits per heavy atom. The standard InChI is InChI=1S/C46H31NO/c1-3-14-32(15-4-1)34-26-28-36(29-27-34)47(37-19-13-18-35(30-37)33-16-5-2-6-17-33)43-31-42-39-21-9-11-24-44(39)48-45-25-12-10-23-41(45)46(42)40-22-8-7-20-38(40)43/h1-31H. The molecule has 1 aliphatic rings. The van der Waals surface area contributed by atoms with Gasteiger partial charge in [0.1, 0.15) is 11.5 Å². The molecule has 226 valence electrons. The highest BCUT2D eigenvalue weighted by atomic mass is 16.5. The molecule has 0 fully saturated rings. The van der Waals surface area contributed by atoms with Crippen LogP contribution in [0.25, 0.3) is 55.3 Å². The second kappa shape index (κ2) is 11.8. The molecule has 8 aromatic rings. The zero-order valence-corrected chi connectivity index (χ0v) is 26.3. The van der Waals surface area contributed by atoms with Crippen LogP contribution in [0.3, 0.4) is 0 Å². The van der Waals surface area contributed by atoms with Crippen LogP contribution in [-0.4, -0.2) is 0 Å². The van der Waals surface area contributed by atoms with Crippen molar-refractivity contribution in [3.8, 4) is 56.0 Å². The summed E-state index contributed by atoms with van der Waals surface area (Å²) in [6.45, 7) is 0. The van der Waals surface area contributed by atoms with E-state index in [1.165, 1.54) is 38.6 Å². The molecule has 0 aliphatic carbocycles. The Bertz CT molecular complexity index is 2410. The summed E-state index contributed by atoms with van der Waals surface area (Å²) in [6, 6.07) is 66.9. The van der Waals surface area contributed by atoms with Gasteiger partial charge >= 0.3 is 0 Å². The quantitative estimate of drug-likeness (QED) is 0.191. The van der Waals surface area contributed by atoms with E-state index in [0.29, 0.717) is 0 Å². The number of para-hydroxylation sites is 2. The van der Waals surface area contributed by atoms with Crippen molar-refractivity contribution in [1.29, 1.82) is 0 Å². The summed E-state index contributed by atoms with van der Waals surface area (Å²) in [5.41, 5.74) is 12.5. The van der Waals surface area contributed by atoms with E-state index in [1.807, 2.05) is 12.1 Å². The molecule has 48 heavy (non-hydrogen) atoms. The minimum absolute atomic E-state index is 0.856. The van der Waals surface area contributed by atoms with E-state index in [2.05, 4.69) is 181 Å². The van der Waals surface area contributed by atoms with Crippen molar-refractivity contribution in [3.63, 3.8) is 0 Å². The first kappa shape index (κ1) is 27.9. The van der Waals surface area contributed by atoms with Crippen molar-refractivity contribution < 1.29 is 4.74 Å². The van der Waals surface area contributed by atoms with E-state index in [1.54, 1.807) is 0 Å². The van der Waals surface area contributed by atoms with Gasteiger partial charge in [0.25, 0.3) is 0 Å². The summed E-state index contributed by atoms with van der Waals surface area (Å²) in [4.78, 5) is 2.41. The molecule has 0 aromatic heterocycles. The molecule has 0 bridgehead atoms. The number of hydrogen-bond acceptors (Lipinski definition) is 2. The highest BCUT2D eigenvalue weighted by molar-refractivity contribution is 6.13. The van der Waals surface area contributed by atoms with Crippen LogP contribution in [0.1, 0.15) is 0 Å². The molecule has 0 N–H and O–H groups in total. The van der Waals surface area contributed by atoms with Gasteiger partial charge in [0.2, 0.25) is 0 Å². The van der Waals surface area contributed by atoms with Gasteiger partial charge in [-0.15, -0.1) is 0 Å². The van der Waals surface area contributed by atoms with Crippen LogP contribution in [0, 0.1) is 0 Å². The number of hydrogen-bond donors (Lipinski definition) is 0. The zero-order valence-electron chi connectivity index (χ0n) is 26.3. The summed E-state index contributed by atoms with van der Waals surface area (Å²) < 4.78 is 6.61. The number of anilines is 3. The third kappa shape index (κ3) is 4.83. The molecule has 0 saturated carbocycles. The molecule has 8 aromatic carbocycles. The van der Waals surface area contributed by atoms with Gasteiger partial charge in [-0.1, -0.05) is 146 Å². The predicted octanol–water partition coefficient (Wildman–Crippen LogP) is 13.1. The van der Waals surface area contributed by atoms with E-state index in [9.17, 15) is 0 Å². The summed E-state index contributed by atoms with van der Waals surface area (Å²) in [7, 11) is 0. The second-order valence-corrected chi connectivity index (χ2v) is 12.1. The van der Waals surface area contributed by atoms with Crippen molar-refractivity contribution in [2.45, 2.75) is 0 Å². The molecular weight excluding hydrogens is 583 g/mol. The van der Waals surface area contributed by atoms with Crippen molar-refractivity contribution >= 4 is 27.8 Å². The van der Waals surface area contributed by atoms with Gasteiger partial charge in [-0.05, 0) is 75.7 Å². The third-order valence-electron chi connectivity index (χ3n) is 9.26. The Morgan fingerprint density at radius 2 is 0.875 bits per heavy atom. The van der Waals surface area contributed by atoms with Crippen molar-refractivity contribution in [2.75, 3.05) is 4.90 Å². The average Bonchev–Trinajstić information content (AvgIpc) is 3.31. The molecular formula is C46H31NO. The Hall–Kier alpha value is -6.38. The summed E-state index contributed by atoms with van der Waals surface area (Å²) in [6.07, 6.45) is 0. The number of ether oxygens (including phenoxy) is 1. The van der Waals surface area contributed by atoms with Crippen LogP contribution in [-0.2, 0) is 0 Å². The fourth-order valence-electron chi connectivity index (χ4n) is 7.02. The highest BCUT2D eigenvalue weighted by Crippen LogP contribution is 2.52. The van der Waals surface area contributed by atoms with Crippen LogP contribution >= 0.6 is 0 Å². The summed E-state index contributed by atoms with van der Waals surface area (Å²) in [5, 5.41) is 2.35. The monoisotopic (exact) mass is 613 g/mol. The Kier molecular flexibility index (Phi) is 6.84. The molecule has 0 spiro atoms. The first-order chi connectivity index (χ1) is 23.8. The Labute approximate surface area is 280 Å². The molecule has 0 atom stereocenters. The summed E-state index contributed by atoms with van der Waals surface area (Å²) in [5.74, 6) is 1.72. The van der Waals surface area contributed by atoms with Crippen LogP contribution in [0.2, 0.25) is 0 Å². The molecule has 0 unspecified atom stereocenters. The van der Waals surface area contributed by atoms with Gasteiger partial charge in [-0.25, -0.2) is 0 Å². The van der Waals surface area contributed by atoms with Crippen molar-refractivity contribution in [2.24, 2.45) is 0 Å². The average molecular weight is 614 g/mol. The van der Waals surface area contributed by atoms with Gasteiger partial charge < -0.3 is 9.64 Å². The van der Waals surface area contributed by atoms with E-state index in [4.69, 9.17) is 4.74 Å². The maximum Gasteiger partial charge on any atom is 0.135 e. The minimum Gasteiger partial charge on any atom is -0.456 e. The van der Waals surface area contributed by atoms with E-state index >= 15 is 0 Å². The minimum atomic E-state index is 0.856. The fraction of sp³-hybridized carbons (Fsp3) is 0.